The lowest BCUT2D eigenvalue weighted by molar-refractivity contribution is -0.116. The van der Waals surface area contributed by atoms with Gasteiger partial charge in [0.2, 0.25) is 5.91 Å². The number of amides is 3. The predicted molar refractivity (Wildman–Crippen MR) is 98.5 cm³/mol. The first kappa shape index (κ1) is 18.5. The van der Waals surface area contributed by atoms with Gasteiger partial charge in [-0.05, 0) is 30.3 Å². The minimum absolute atomic E-state index is 0.115. The molecule has 6 nitrogen and oxygen atoms in total. The first-order chi connectivity index (χ1) is 12.3. The Labute approximate surface area is 163 Å². The summed E-state index contributed by atoms with van der Waals surface area (Å²) >= 11 is 17.8. The van der Waals surface area contributed by atoms with Crippen LogP contribution in [0.1, 0.15) is 20.7 Å². The van der Waals surface area contributed by atoms with Crippen LogP contribution in [0, 0.1) is 0 Å². The molecule has 2 aromatic carbocycles. The first-order valence-electron chi connectivity index (χ1n) is 7.30. The molecule has 0 saturated heterocycles. The molecule has 0 bridgehead atoms. The largest absolute Gasteiger partial charge is 0.495 e. The molecular weight excluding hydrogens is 403 g/mol. The second-order valence-corrected chi connectivity index (χ2v) is 6.63. The fourth-order valence-corrected chi connectivity index (χ4v) is 3.10. The molecule has 1 aliphatic heterocycles. The van der Waals surface area contributed by atoms with E-state index in [0.717, 1.165) is 4.90 Å². The molecule has 0 aromatic heterocycles. The van der Waals surface area contributed by atoms with Crippen molar-refractivity contribution < 1.29 is 19.1 Å². The number of halogens is 3. The van der Waals surface area contributed by atoms with Gasteiger partial charge in [-0.15, -0.1) is 0 Å². The van der Waals surface area contributed by atoms with Crippen LogP contribution in [-0.4, -0.2) is 36.3 Å². The summed E-state index contributed by atoms with van der Waals surface area (Å²) in [6, 6.07) is 7.32. The lowest BCUT2D eigenvalue weighted by atomic mass is 10.1. The minimum Gasteiger partial charge on any atom is -0.495 e. The molecule has 0 atom stereocenters. The lowest BCUT2D eigenvalue weighted by Gasteiger charge is -2.14. The number of hydrogen-bond acceptors (Lipinski definition) is 4. The Morgan fingerprint density at radius 2 is 1.58 bits per heavy atom. The molecule has 0 saturated carbocycles. The van der Waals surface area contributed by atoms with Crippen LogP contribution in [0.2, 0.25) is 15.1 Å². The van der Waals surface area contributed by atoms with Crippen molar-refractivity contribution >= 4 is 58.2 Å². The quantitative estimate of drug-likeness (QED) is 0.772. The number of anilines is 1. The Morgan fingerprint density at radius 1 is 1.00 bits per heavy atom. The Hall–Kier alpha value is -2.28. The normalized spacial score (nSPS) is 13.0. The molecule has 3 amide bonds. The molecule has 0 spiro atoms. The van der Waals surface area contributed by atoms with Gasteiger partial charge in [-0.2, -0.15) is 0 Å². The Morgan fingerprint density at radius 3 is 2.08 bits per heavy atom. The Kier molecular flexibility index (Phi) is 5.09. The van der Waals surface area contributed by atoms with Crippen molar-refractivity contribution in [2.75, 3.05) is 19.0 Å². The fourth-order valence-electron chi connectivity index (χ4n) is 2.52. The average molecular weight is 414 g/mol. The number of imide groups is 1. The van der Waals surface area contributed by atoms with Gasteiger partial charge in [0, 0.05) is 5.69 Å². The number of nitrogens with one attached hydrogen (secondary N) is 1. The molecule has 1 aliphatic rings. The maximum absolute atomic E-state index is 12.4. The SMILES string of the molecule is COc1ccc(NC(=O)CN2C(=O)c3cc(Cl)c(Cl)cc3C2=O)cc1Cl. The number of methoxy groups -OCH3 is 1. The summed E-state index contributed by atoms with van der Waals surface area (Å²) in [5, 5.41) is 3.21. The monoisotopic (exact) mass is 412 g/mol. The summed E-state index contributed by atoms with van der Waals surface area (Å²) < 4.78 is 5.03. The van der Waals surface area contributed by atoms with Crippen LogP contribution in [-0.2, 0) is 4.79 Å². The highest BCUT2D eigenvalue weighted by molar-refractivity contribution is 6.43. The van der Waals surface area contributed by atoms with E-state index in [1.165, 1.54) is 25.3 Å². The van der Waals surface area contributed by atoms with Gasteiger partial charge in [0.25, 0.3) is 11.8 Å². The molecule has 9 heteroatoms. The zero-order chi connectivity index (χ0) is 19.0. The summed E-state index contributed by atoms with van der Waals surface area (Å²) in [6.45, 7) is -0.453. The van der Waals surface area contributed by atoms with Crippen LogP contribution in [0.25, 0.3) is 0 Å². The molecule has 134 valence electrons. The number of carbonyl (C=O) groups excluding carboxylic acids is 3. The van der Waals surface area contributed by atoms with E-state index < -0.39 is 24.3 Å². The molecule has 3 rings (SSSR count). The van der Waals surface area contributed by atoms with E-state index >= 15 is 0 Å². The van der Waals surface area contributed by atoms with E-state index in [1.807, 2.05) is 0 Å². The van der Waals surface area contributed by atoms with Gasteiger partial charge in [-0.25, -0.2) is 0 Å². The third kappa shape index (κ3) is 3.35. The number of nitrogens with zero attached hydrogens (tertiary/aromatic N) is 1. The second-order valence-electron chi connectivity index (χ2n) is 5.41. The predicted octanol–water partition coefficient (Wildman–Crippen LogP) is 3.89. The smallest absolute Gasteiger partial charge is 0.262 e. The number of ether oxygens (including phenoxy) is 1. The Balaban J connectivity index is 1.75. The van der Waals surface area contributed by atoms with Gasteiger partial charge in [-0.3, -0.25) is 19.3 Å². The summed E-state index contributed by atoms with van der Waals surface area (Å²) in [7, 11) is 1.47. The standard InChI is InChI=1S/C17H11Cl3N2O4/c1-26-14-3-2-8(4-13(14)20)21-15(23)7-22-16(24)9-5-11(18)12(19)6-10(9)17(22)25/h2-6H,7H2,1H3,(H,21,23). The number of hydrogen-bond donors (Lipinski definition) is 1. The van der Waals surface area contributed by atoms with E-state index in [-0.39, 0.29) is 21.2 Å². The molecular formula is C17H11Cl3N2O4. The zero-order valence-electron chi connectivity index (χ0n) is 13.3. The third-order valence-electron chi connectivity index (χ3n) is 3.75. The summed E-state index contributed by atoms with van der Waals surface area (Å²) in [5.74, 6) is -1.31. The third-order valence-corrected chi connectivity index (χ3v) is 4.77. The molecule has 0 radical (unpaired) electrons. The van der Waals surface area contributed by atoms with Gasteiger partial charge in [0.05, 0.1) is 33.3 Å². The maximum atomic E-state index is 12.4. The summed E-state index contributed by atoms with van der Waals surface area (Å²) in [4.78, 5) is 37.8. The number of carbonyl (C=O) groups is 3. The topological polar surface area (TPSA) is 75.7 Å². The van der Waals surface area contributed by atoms with E-state index in [2.05, 4.69) is 5.32 Å². The van der Waals surface area contributed by atoms with Gasteiger partial charge < -0.3 is 10.1 Å². The highest BCUT2D eigenvalue weighted by Gasteiger charge is 2.37. The summed E-state index contributed by atoms with van der Waals surface area (Å²) in [5.41, 5.74) is 0.637. The molecule has 26 heavy (non-hydrogen) atoms. The van der Waals surface area contributed by atoms with Gasteiger partial charge >= 0.3 is 0 Å². The zero-order valence-corrected chi connectivity index (χ0v) is 15.6. The van der Waals surface area contributed by atoms with Gasteiger partial charge in [0.1, 0.15) is 12.3 Å². The van der Waals surface area contributed by atoms with Crippen molar-refractivity contribution in [3.05, 3.63) is 56.5 Å². The van der Waals surface area contributed by atoms with E-state index in [0.29, 0.717) is 16.5 Å². The molecule has 0 fully saturated rings. The second kappa shape index (κ2) is 7.15. The van der Waals surface area contributed by atoms with Crippen molar-refractivity contribution in [1.82, 2.24) is 4.90 Å². The van der Waals surface area contributed by atoms with Crippen molar-refractivity contribution in [3.8, 4) is 5.75 Å². The van der Waals surface area contributed by atoms with E-state index in [9.17, 15) is 14.4 Å². The van der Waals surface area contributed by atoms with Gasteiger partial charge in [-0.1, -0.05) is 34.8 Å². The van der Waals surface area contributed by atoms with Crippen LogP contribution >= 0.6 is 34.8 Å². The lowest BCUT2D eigenvalue weighted by Crippen LogP contribution is -2.37. The van der Waals surface area contributed by atoms with Crippen LogP contribution in [0.4, 0.5) is 5.69 Å². The van der Waals surface area contributed by atoms with Gasteiger partial charge in [0.15, 0.2) is 0 Å². The highest BCUT2D eigenvalue weighted by Crippen LogP contribution is 2.31. The van der Waals surface area contributed by atoms with Crippen LogP contribution in [0.5, 0.6) is 5.75 Å². The molecule has 1 heterocycles. The number of benzene rings is 2. The average Bonchev–Trinajstić information content (AvgIpc) is 2.80. The van der Waals surface area contributed by atoms with Crippen molar-refractivity contribution in [2.24, 2.45) is 0 Å². The van der Waals surface area contributed by atoms with Crippen LogP contribution < -0.4 is 10.1 Å². The summed E-state index contributed by atoms with van der Waals surface area (Å²) in [6.07, 6.45) is 0. The molecule has 1 N–H and O–H groups in total. The van der Waals surface area contributed by atoms with Crippen molar-refractivity contribution in [1.29, 1.82) is 0 Å². The molecule has 2 aromatic rings. The number of rotatable bonds is 4. The van der Waals surface area contributed by atoms with Crippen molar-refractivity contribution in [2.45, 2.75) is 0 Å². The molecule has 0 aliphatic carbocycles. The Bertz CT molecular complexity index is 905. The fraction of sp³-hybridized carbons (Fsp3) is 0.118. The number of fused-ring (bicyclic) bond motifs is 1. The van der Waals surface area contributed by atoms with Crippen LogP contribution in [0.15, 0.2) is 30.3 Å². The van der Waals surface area contributed by atoms with Crippen LogP contribution in [0.3, 0.4) is 0 Å². The highest BCUT2D eigenvalue weighted by atomic mass is 35.5. The first-order valence-corrected chi connectivity index (χ1v) is 8.44. The minimum atomic E-state index is -0.605. The molecule has 0 unspecified atom stereocenters. The maximum Gasteiger partial charge on any atom is 0.262 e. The van der Waals surface area contributed by atoms with Crippen molar-refractivity contribution in [3.63, 3.8) is 0 Å². The van der Waals surface area contributed by atoms with E-state index in [4.69, 9.17) is 39.5 Å². The van der Waals surface area contributed by atoms with E-state index in [1.54, 1.807) is 12.1 Å².